The number of benzene rings is 2. The number of nitrogens with zero attached hydrogens (tertiary/aromatic N) is 2. The Morgan fingerprint density at radius 1 is 0.926 bits per heavy atom. The van der Waals surface area contributed by atoms with Crippen LogP contribution in [0.4, 0.5) is 0 Å². The van der Waals surface area contributed by atoms with Gasteiger partial charge >= 0.3 is 0 Å². The zero-order valence-corrected chi connectivity index (χ0v) is 15.1. The predicted molar refractivity (Wildman–Crippen MR) is 99.1 cm³/mol. The molecule has 3 rings (SSSR count). The van der Waals surface area contributed by atoms with E-state index in [0.717, 1.165) is 0 Å². The number of amides is 2. The van der Waals surface area contributed by atoms with Gasteiger partial charge in [-0.15, -0.1) is 0 Å². The molecule has 142 valence electrons. The van der Waals surface area contributed by atoms with E-state index in [0.29, 0.717) is 43.2 Å². The molecular weight excluding hydrogens is 348 g/mol. The lowest BCUT2D eigenvalue weighted by molar-refractivity contribution is -0.134. The molecule has 27 heavy (non-hydrogen) atoms. The summed E-state index contributed by atoms with van der Waals surface area (Å²) in [6.45, 7) is 1.75. The predicted octanol–water partition coefficient (Wildman–Crippen LogP) is 1.76. The summed E-state index contributed by atoms with van der Waals surface area (Å²) < 4.78 is 10.8. The van der Waals surface area contributed by atoms with Crippen molar-refractivity contribution in [3.8, 4) is 17.2 Å². The molecule has 2 aromatic rings. The van der Waals surface area contributed by atoms with E-state index in [1.165, 1.54) is 12.1 Å². The molecule has 0 aliphatic carbocycles. The summed E-state index contributed by atoms with van der Waals surface area (Å²) in [4.78, 5) is 28.3. The number of methoxy groups -OCH3 is 1. The first-order valence-corrected chi connectivity index (χ1v) is 8.70. The third-order valence-electron chi connectivity index (χ3n) is 4.45. The van der Waals surface area contributed by atoms with Crippen molar-refractivity contribution < 1.29 is 24.2 Å². The molecule has 1 fully saturated rings. The summed E-state index contributed by atoms with van der Waals surface area (Å²) in [5.74, 6) is 0.992. The van der Waals surface area contributed by atoms with Crippen LogP contribution in [0.15, 0.2) is 48.5 Å². The number of phenols is 1. The van der Waals surface area contributed by atoms with Crippen LogP contribution in [0.1, 0.15) is 10.4 Å². The highest BCUT2D eigenvalue weighted by molar-refractivity contribution is 5.94. The molecule has 0 bridgehead atoms. The van der Waals surface area contributed by atoms with Gasteiger partial charge in [0.2, 0.25) is 0 Å². The molecule has 2 amide bonds. The van der Waals surface area contributed by atoms with Crippen molar-refractivity contribution >= 4 is 11.8 Å². The number of rotatable bonds is 5. The van der Waals surface area contributed by atoms with Gasteiger partial charge in [0.25, 0.3) is 11.8 Å². The minimum Gasteiger partial charge on any atom is -0.508 e. The van der Waals surface area contributed by atoms with Crippen molar-refractivity contribution in [3.63, 3.8) is 0 Å². The SMILES string of the molecule is COc1ccccc1OCC(=O)N1CCN(C(=O)c2ccc(O)cc2)CC1. The fourth-order valence-electron chi connectivity index (χ4n) is 2.91. The second-order valence-corrected chi connectivity index (χ2v) is 6.16. The third-order valence-corrected chi connectivity index (χ3v) is 4.45. The summed E-state index contributed by atoms with van der Waals surface area (Å²) in [5.41, 5.74) is 0.520. The number of phenolic OH excluding ortho intramolecular Hbond substituents is 1. The van der Waals surface area contributed by atoms with E-state index in [9.17, 15) is 14.7 Å². The molecule has 0 spiro atoms. The molecule has 0 aromatic heterocycles. The minimum atomic E-state index is -0.127. The number of para-hydroxylation sites is 2. The van der Waals surface area contributed by atoms with Crippen LogP contribution >= 0.6 is 0 Å². The molecule has 0 unspecified atom stereocenters. The molecule has 0 atom stereocenters. The lowest BCUT2D eigenvalue weighted by Crippen LogP contribution is -2.51. The van der Waals surface area contributed by atoms with E-state index < -0.39 is 0 Å². The first kappa shape index (κ1) is 18.6. The number of carbonyl (C=O) groups is 2. The maximum absolute atomic E-state index is 12.5. The molecule has 0 saturated carbocycles. The molecule has 1 saturated heterocycles. The molecule has 1 aliphatic rings. The molecule has 7 heteroatoms. The second kappa shape index (κ2) is 8.44. The Kier molecular flexibility index (Phi) is 5.80. The molecule has 1 aliphatic heterocycles. The van der Waals surface area contributed by atoms with E-state index >= 15 is 0 Å². The Morgan fingerprint density at radius 3 is 2.15 bits per heavy atom. The van der Waals surface area contributed by atoms with E-state index in [1.807, 2.05) is 12.1 Å². The monoisotopic (exact) mass is 370 g/mol. The lowest BCUT2D eigenvalue weighted by atomic mass is 10.1. The van der Waals surface area contributed by atoms with E-state index in [2.05, 4.69) is 0 Å². The third kappa shape index (κ3) is 4.49. The lowest BCUT2D eigenvalue weighted by Gasteiger charge is -2.34. The van der Waals surface area contributed by atoms with Gasteiger partial charge in [0.15, 0.2) is 18.1 Å². The number of carbonyl (C=O) groups excluding carboxylic acids is 2. The number of aromatic hydroxyl groups is 1. The van der Waals surface area contributed by atoms with Crippen LogP contribution in [0.25, 0.3) is 0 Å². The van der Waals surface area contributed by atoms with Crippen molar-refractivity contribution in [2.75, 3.05) is 39.9 Å². The smallest absolute Gasteiger partial charge is 0.260 e. The number of ether oxygens (including phenoxy) is 2. The Morgan fingerprint density at radius 2 is 1.52 bits per heavy atom. The van der Waals surface area contributed by atoms with Gasteiger partial charge in [-0.2, -0.15) is 0 Å². The van der Waals surface area contributed by atoms with Gasteiger partial charge in [0, 0.05) is 31.7 Å². The number of piperazine rings is 1. The maximum Gasteiger partial charge on any atom is 0.260 e. The van der Waals surface area contributed by atoms with Gasteiger partial charge in [-0.3, -0.25) is 9.59 Å². The first-order chi connectivity index (χ1) is 13.1. The van der Waals surface area contributed by atoms with Gasteiger partial charge in [0.1, 0.15) is 5.75 Å². The molecule has 7 nitrogen and oxygen atoms in total. The van der Waals surface area contributed by atoms with Crippen LogP contribution in [0.2, 0.25) is 0 Å². The molecule has 0 radical (unpaired) electrons. The van der Waals surface area contributed by atoms with Gasteiger partial charge in [-0.25, -0.2) is 0 Å². The Bertz CT molecular complexity index is 798. The highest BCUT2D eigenvalue weighted by atomic mass is 16.5. The van der Waals surface area contributed by atoms with Crippen LogP contribution in [0, 0.1) is 0 Å². The van der Waals surface area contributed by atoms with Crippen LogP contribution in [0.5, 0.6) is 17.2 Å². The molecular formula is C20H22N2O5. The molecule has 1 heterocycles. The normalized spacial score (nSPS) is 14.0. The van der Waals surface area contributed by atoms with Crippen molar-refractivity contribution in [3.05, 3.63) is 54.1 Å². The summed E-state index contributed by atoms with van der Waals surface area (Å²) in [7, 11) is 1.55. The standard InChI is InChI=1S/C20H22N2O5/c1-26-17-4-2-3-5-18(17)27-14-19(24)21-10-12-22(13-11-21)20(25)15-6-8-16(23)9-7-15/h2-9,23H,10-14H2,1H3. The fourth-order valence-corrected chi connectivity index (χ4v) is 2.91. The van der Waals surface area contributed by atoms with Gasteiger partial charge in [0.05, 0.1) is 7.11 Å². The highest BCUT2D eigenvalue weighted by Gasteiger charge is 2.25. The summed E-state index contributed by atoms with van der Waals surface area (Å²) in [6, 6.07) is 13.3. The van der Waals surface area contributed by atoms with Crippen molar-refractivity contribution in [1.82, 2.24) is 9.80 Å². The first-order valence-electron chi connectivity index (χ1n) is 8.70. The minimum absolute atomic E-state index is 0.0771. The Labute approximate surface area is 157 Å². The Hall–Kier alpha value is -3.22. The highest BCUT2D eigenvalue weighted by Crippen LogP contribution is 2.25. The number of hydrogen-bond donors (Lipinski definition) is 1. The van der Waals surface area contributed by atoms with Crippen LogP contribution < -0.4 is 9.47 Å². The average Bonchev–Trinajstić information content (AvgIpc) is 2.72. The Balaban J connectivity index is 1.50. The largest absolute Gasteiger partial charge is 0.508 e. The van der Waals surface area contributed by atoms with E-state index in [4.69, 9.17) is 9.47 Å². The quantitative estimate of drug-likeness (QED) is 0.868. The summed E-state index contributed by atoms with van der Waals surface area (Å²) in [6.07, 6.45) is 0. The van der Waals surface area contributed by atoms with Crippen molar-refractivity contribution in [1.29, 1.82) is 0 Å². The zero-order chi connectivity index (χ0) is 19.2. The van der Waals surface area contributed by atoms with Crippen LogP contribution in [-0.4, -0.2) is 66.6 Å². The number of hydrogen-bond acceptors (Lipinski definition) is 5. The van der Waals surface area contributed by atoms with Crippen molar-refractivity contribution in [2.45, 2.75) is 0 Å². The van der Waals surface area contributed by atoms with Crippen molar-refractivity contribution in [2.24, 2.45) is 0 Å². The van der Waals surface area contributed by atoms with Gasteiger partial charge < -0.3 is 24.4 Å². The topological polar surface area (TPSA) is 79.3 Å². The molecule has 1 N–H and O–H groups in total. The van der Waals surface area contributed by atoms with Crippen LogP contribution in [-0.2, 0) is 4.79 Å². The maximum atomic E-state index is 12.5. The van der Waals surface area contributed by atoms with E-state index in [1.54, 1.807) is 41.2 Å². The zero-order valence-electron chi connectivity index (χ0n) is 15.1. The fraction of sp³-hybridized carbons (Fsp3) is 0.300. The van der Waals surface area contributed by atoms with Crippen LogP contribution in [0.3, 0.4) is 0 Å². The van der Waals surface area contributed by atoms with Gasteiger partial charge in [-0.05, 0) is 36.4 Å². The second-order valence-electron chi connectivity index (χ2n) is 6.16. The van der Waals surface area contributed by atoms with Gasteiger partial charge in [-0.1, -0.05) is 12.1 Å². The summed E-state index contributed by atoms with van der Waals surface area (Å²) >= 11 is 0. The average molecular weight is 370 g/mol. The summed E-state index contributed by atoms with van der Waals surface area (Å²) in [5, 5.41) is 9.32. The molecule has 2 aromatic carbocycles. The van der Waals surface area contributed by atoms with E-state index in [-0.39, 0.29) is 24.2 Å².